The number of carbonyl (C=O) groups excluding carboxylic acids is 1. The van der Waals surface area contributed by atoms with Crippen molar-refractivity contribution in [1.82, 2.24) is 14.6 Å². The van der Waals surface area contributed by atoms with E-state index in [9.17, 15) is 13.2 Å². The number of benzene rings is 2. The second-order valence-electron chi connectivity index (χ2n) is 8.43. The molecule has 4 rings (SSSR count). The zero-order valence-electron chi connectivity index (χ0n) is 20.2. The van der Waals surface area contributed by atoms with E-state index in [0.717, 1.165) is 16.6 Å². The lowest BCUT2D eigenvalue weighted by atomic mass is 9.97. The average molecular weight is 533 g/mol. The number of halogens is 1. The van der Waals surface area contributed by atoms with Crippen molar-refractivity contribution >= 4 is 44.1 Å². The summed E-state index contributed by atoms with van der Waals surface area (Å²) >= 11 is 6.04. The Morgan fingerprint density at radius 3 is 2.58 bits per heavy atom. The van der Waals surface area contributed by atoms with E-state index in [2.05, 4.69) is 15.6 Å². The largest absolute Gasteiger partial charge is 0.497 e. The van der Waals surface area contributed by atoms with Gasteiger partial charge in [-0.25, -0.2) is 8.42 Å². The second-order valence-corrected chi connectivity index (χ2v) is 10.8. The molecule has 1 amide bonds. The summed E-state index contributed by atoms with van der Waals surface area (Å²) in [6, 6.07) is 12.1. The number of rotatable bonds is 9. The molecule has 0 saturated carbocycles. The Bertz CT molecular complexity index is 1340. The Labute approximate surface area is 215 Å². The predicted molar refractivity (Wildman–Crippen MR) is 139 cm³/mol. The smallest absolute Gasteiger partial charge is 0.246 e. The first-order valence-electron chi connectivity index (χ1n) is 11.6. The molecule has 36 heavy (non-hydrogen) atoms. The zero-order chi connectivity index (χ0) is 25.7. The third-order valence-corrected chi connectivity index (χ3v) is 8.41. The number of methoxy groups -OCH3 is 2. The molecule has 1 aliphatic heterocycles. The molecule has 2 heterocycles. The van der Waals surface area contributed by atoms with Crippen molar-refractivity contribution in [3.63, 3.8) is 0 Å². The summed E-state index contributed by atoms with van der Waals surface area (Å²) in [5, 5.41) is 7.86. The fourth-order valence-electron chi connectivity index (χ4n) is 4.29. The minimum Gasteiger partial charge on any atom is -0.497 e. The summed E-state index contributed by atoms with van der Waals surface area (Å²) in [5.41, 5.74) is 1.71. The average Bonchev–Trinajstić information content (AvgIpc) is 2.90. The highest BCUT2D eigenvalue weighted by atomic mass is 35.5. The summed E-state index contributed by atoms with van der Waals surface area (Å²) in [6.07, 6.45) is 2.60. The van der Waals surface area contributed by atoms with Gasteiger partial charge in [-0.3, -0.25) is 9.78 Å². The third-order valence-electron chi connectivity index (χ3n) is 6.26. The Morgan fingerprint density at radius 2 is 1.86 bits per heavy atom. The van der Waals surface area contributed by atoms with Gasteiger partial charge in [0.2, 0.25) is 15.9 Å². The molecule has 0 aliphatic carbocycles. The van der Waals surface area contributed by atoms with Gasteiger partial charge < -0.3 is 20.1 Å². The van der Waals surface area contributed by atoms with E-state index in [1.807, 2.05) is 18.2 Å². The summed E-state index contributed by atoms with van der Waals surface area (Å²) in [6.45, 7) is 1.49. The van der Waals surface area contributed by atoms with Crippen LogP contribution in [0.1, 0.15) is 12.8 Å². The molecule has 1 aliphatic rings. The molecule has 1 fully saturated rings. The van der Waals surface area contributed by atoms with Crippen molar-refractivity contribution in [2.75, 3.05) is 45.7 Å². The quantitative estimate of drug-likeness (QED) is 0.406. The van der Waals surface area contributed by atoms with E-state index in [1.54, 1.807) is 24.4 Å². The summed E-state index contributed by atoms with van der Waals surface area (Å²) < 4.78 is 38.3. The highest BCUT2D eigenvalue weighted by Gasteiger charge is 2.34. The summed E-state index contributed by atoms with van der Waals surface area (Å²) in [7, 11) is -0.877. The van der Waals surface area contributed by atoms with Gasteiger partial charge in [-0.2, -0.15) is 4.31 Å². The maximum atomic E-state index is 13.2. The molecule has 0 spiro atoms. The number of amides is 1. The molecule has 0 unspecified atom stereocenters. The van der Waals surface area contributed by atoms with Crippen LogP contribution in [0.25, 0.3) is 10.9 Å². The summed E-state index contributed by atoms with van der Waals surface area (Å²) in [4.78, 5) is 17.1. The van der Waals surface area contributed by atoms with Crippen LogP contribution in [0, 0.1) is 5.92 Å². The van der Waals surface area contributed by atoms with Crippen LogP contribution >= 0.6 is 11.6 Å². The topological polar surface area (TPSA) is 110 Å². The lowest BCUT2D eigenvalue weighted by Crippen LogP contribution is -2.43. The van der Waals surface area contributed by atoms with E-state index >= 15 is 0 Å². The van der Waals surface area contributed by atoms with Gasteiger partial charge in [0.1, 0.15) is 16.4 Å². The van der Waals surface area contributed by atoms with Crippen molar-refractivity contribution in [3.8, 4) is 11.5 Å². The van der Waals surface area contributed by atoms with Gasteiger partial charge in [0.05, 0.1) is 19.7 Å². The fraction of sp³-hybridized carbons (Fsp3) is 0.360. The Morgan fingerprint density at radius 1 is 1.08 bits per heavy atom. The highest BCUT2D eigenvalue weighted by molar-refractivity contribution is 7.89. The minimum absolute atomic E-state index is 0.0595. The number of nitrogens with one attached hydrogen (secondary N) is 2. The zero-order valence-corrected chi connectivity index (χ0v) is 21.7. The molecule has 192 valence electrons. The maximum absolute atomic E-state index is 13.2. The monoisotopic (exact) mass is 532 g/mol. The van der Waals surface area contributed by atoms with Crippen molar-refractivity contribution in [2.45, 2.75) is 17.7 Å². The number of nitrogens with zero attached hydrogens (tertiary/aromatic N) is 2. The SMILES string of the molecule is COc1ccc(OC)c(S(=O)(=O)N2CCC(C(=O)NCCNc3ccnc4cc(Cl)ccc34)CC2)c1. The van der Waals surface area contributed by atoms with Crippen LogP contribution in [0.4, 0.5) is 5.69 Å². The molecule has 1 aromatic heterocycles. The van der Waals surface area contributed by atoms with Gasteiger partial charge in [0.25, 0.3) is 0 Å². The number of hydrogen-bond donors (Lipinski definition) is 2. The molecule has 9 nitrogen and oxygen atoms in total. The van der Waals surface area contributed by atoms with E-state index in [4.69, 9.17) is 21.1 Å². The van der Waals surface area contributed by atoms with E-state index in [0.29, 0.717) is 36.7 Å². The first-order chi connectivity index (χ1) is 17.3. The van der Waals surface area contributed by atoms with Crippen molar-refractivity contribution in [3.05, 3.63) is 53.7 Å². The van der Waals surface area contributed by atoms with Gasteiger partial charge in [-0.05, 0) is 49.2 Å². The Kier molecular flexibility index (Phi) is 8.17. The number of anilines is 1. The number of piperidine rings is 1. The van der Waals surface area contributed by atoms with Crippen LogP contribution in [0.3, 0.4) is 0 Å². The van der Waals surface area contributed by atoms with Crippen LogP contribution < -0.4 is 20.1 Å². The number of pyridine rings is 1. The first-order valence-corrected chi connectivity index (χ1v) is 13.4. The highest BCUT2D eigenvalue weighted by Crippen LogP contribution is 2.32. The fourth-order valence-corrected chi connectivity index (χ4v) is 6.09. The van der Waals surface area contributed by atoms with E-state index in [1.165, 1.54) is 24.6 Å². The van der Waals surface area contributed by atoms with Crippen LogP contribution in [0.5, 0.6) is 11.5 Å². The summed E-state index contributed by atoms with van der Waals surface area (Å²) in [5.74, 6) is 0.376. The minimum atomic E-state index is -3.79. The molecule has 11 heteroatoms. The number of sulfonamides is 1. The Balaban J connectivity index is 1.29. The van der Waals surface area contributed by atoms with Crippen molar-refractivity contribution in [1.29, 1.82) is 0 Å². The Hall–Kier alpha value is -3.08. The van der Waals surface area contributed by atoms with Gasteiger partial charge in [0.15, 0.2) is 0 Å². The van der Waals surface area contributed by atoms with Crippen LogP contribution in [-0.4, -0.2) is 64.0 Å². The van der Waals surface area contributed by atoms with Crippen molar-refractivity contribution < 1.29 is 22.7 Å². The number of hydrogen-bond acceptors (Lipinski definition) is 7. The number of fused-ring (bicyclic) bond motifs is 1. The normalized spacial score (nSPS) is 15.0. The number of ether oxygens (including phenoxy) is 2. The van der Waals surface area contributed by atoms with Gasteiger partial charge in [0, 0.05) is 60.5 Å². The molecule has 0 radical (unpaired) electrons. The number of carbonyl (C=O) groups is 1. The molecule has 2 aromatic carbocycles. The van der Waals surface area contributed by atoms with Crippen LogP contribution in [-0.2, 0) is 14.8 Å². The second kappa shape index (κ2) is 11.3. The first kappa shape index (κ1) is 26.0. The van der Waals surface area contributed by atoms with Gasteiger partial charge >= 0.3 is 0 Å². The van der Waals surface area contributed by atoms with E-state index in [-0.39, 0.29) is 35.6 Å². The van der Waals surface area contributed by atoms with Gasteiger partial charge in [-0.15, -0.1) is 0 Å². The molecule has 3 aromatic rings. The molecule has 0 atom stereocenters. The van der Waals surface area contributed by atoms with Crippen LogP contribution in [0.2, 0.25) is 5.02 Å². The lowest BCUT2D eigenvalue weighted by molar-refractivity contribution is -0.126. The third kappa shape index (κ3) is 5.66. The van der Waals surface area contributed by atoms with Crippen LogP contribution in [0.15, 0.2) is 53.6 Å². The molecule has 0 bridgehead atoms. The molecule has 1 saturated heterocycles. The van der Waals surface area contributed by atoms with E-state index < -0.39 is 10.0 Å². The molecular formula is C25H29ClN4O5S. The molecular weight excluding hydrogens is 504 g/mol. The number of aromatic nitrogens is 1. The van der Waals surface area contributed by atoms with Gasteiger partial charge in [-0.1, -0.05) is 11.6 Å². The molecule has 2 N–H and O–H groups in total. The maximum Gasteiger partial charge on any atom is 0.246 e. The standard InChI is InChI=1S/C25H29ClN4O5S/c1-34-19-4-6-23(35-2)24(16-19)36(32,33)30-13-8-17(9-14-30)25(31)29-12-11-28-21-7-10-27-22-15-18(26)3-5-20(21)22/h3-7,10,15-17H,8-9,11-14H2,1-2H3,(H,27,28)(H,29,31). The lowest BCUT2D eigenvalue weighted by Gasteiger charge is -2.31. The van der Waals surface area contributed by atoms with Crippen molar-refractivity contribution in [2.24, 2.45) is 5.92 Å². The predicted octanol–water partition coefficient (Wildman–Crippen LogP) is 3.53.